The molecule has 4 fully saturated rings. The van der Waals surface area contributed by atoms with Crippen molar-refractivity contribution in [3.63, 3.8) is 0 Å². The Labute approximate surface area is 232 Å². The summed E-state index contributed by atoms with van der Waals surface area (Å²) in [5.74, 6) is 0.337. The summed E-state index contributed by atoms with van der Waals surface area (Å²) in [6, 6.07) is 1.88. The number of hydrogen-bond donors (Lipinski definition) is 2. The summed E-state index contributed by atoms with van der Waals surface area (Å²) in [7, 11) is -9.13. The highest BCUT2D eigenvalue weighted by atomic mass is 35.5. The minimum Gasteiger partial charge on any atom is -0.393 e. The van der Waals surface area contributed by atoms with Gasteiger partial charge in [-0.15, -0.1) is 12.4 Å². The Morgan fingerprint density at radius 2 is 1.16 bits per heavy atom. The largest absolute Gasteiger partial charge is 0.393 e. The summed E-state index contributed by atoms with van der Waals surface area (Å²) in [5.41, 5.74) is 0.884. The van der Waals surface area contributed by atoms with Crippen molar-refractivity contribution in [3.05, 3.63) is 11.6 Å². The number of rotatable bonds is 6. The number of halogens is 1. The molecule has 0 aromatic rings. The molecule has 0 unspecified atom stereocenters. The molecule has 1 saturated carbocycles. The standard InChI is InChI=1S/C7H10N2O2S.C5H11NO3S.C5H9NO3S.C4H8O.ClH/c1-2-12(10,11)9-5-7(6-9)3-4-8;2*1-2-10(8,9)6-3-5(7)4-6;5-4-2-1-3-4;/h3H,2,5-6H2,1H3;5,7H,2-4H2,1H3;2-4H2,1H3;4-5H,1-3H2;1H. The molecule has 1 aliphatic carbocycles. The van der Waals surface area contributed by atoms with Gasteiger partial charge in [-0.05, 0) is 45.6 Å². The van der Waals surface area contributed by atoms with E-state index in [1.807, 2.05) is 6.07 Å². The lowest BCUT2D eigenvalue weighted by Crippen LogP contribution is -2.53. The molecule has 2 N–H and O–H groups in total. The first kappa shape index (κ1) is 36.8. The molecule has 4 rings (SSSR count). The van der Waals surface area contributed by atoms with Gasteiger partial charge in [0.15, 0.2) is 5.78 Å². The van der Waals surface area contributed by atoms with Crippen molar-refractivity contribution >= 4 is 48.3 Å². The number of β-amino-alcohol motifs (C(OH)–C–C–N with tert-alkyl or cyclic N) is 1. The third-order valence-electron chi connectivity index (χ3n) is 5.91. The smallest absolute Gasteiger partial charge is 0.214 e. The van der Waals surface area contributed by atoms with Gasteiger partial charge in [-0.25, -0.2) is 25.3 Å². The quantitative estimate of drug-likeness (QED) is 0.357. The van der Waals surface area contributed by atoms with Crippen LogP contribution in [-0.4, -0.2) is 123 Å². The molecule has 0 amide bonds. The van der Waals surface area contributed by atoms with E-state index in [0.29, 0.717) is 13.1 Å². The first-order chi connectivity index (χ1) is 17.1. The molecule has 0 spiro atoms. The van der Waals surface area contributed by atoms with Crippen LogP contribution in [0.25, 0.3) is 0 Å². The summed E-state index contributed by atoms with van der Waals surface area (Å²) in [6.07, 6.45) is 4.35. The third kappa shape index (κ3) is 11.5. The first-order valence-corrected chi connectivity index (χ1v) is 16.8. The zero-order valence-electron chi connectivity index (χ0n) is 21.9. The van der Waals surface area contributed by atoms with Crippen molar-refractivity contribution in [3.8, 4) is 6.07 Å². The Morgan fingerprint density at radius 3 is 1.42 bits per heavy atom. The molecule has 17 heteroatoms. The average Bonchev–Trinajstić information content (AvgIpc) is 2.76. The lowest BCUT2D eigenvalue weighted by atomic mass is 9.97. The van der Waals surface area contributed by atoms with Crippen LogP contribution in [0, 0.1) is 11.3 Å². The number of carbonyl (C=O) groups excluding carboxylic acids is 1. The molecule has 38 heavy (non-hydrogen) atoms. The Hall–Kier alpha value is -1.16. The van der Waals surface area contributed by atoms with Crippen LogP contribution in [0.15, 0.2) is 11.6 Å². The van der Waals surface area contributed by atoms with Crippen LogP contribution in [0.2, 0.25) is 0 Å². The van der Waals surface area contributed by atoms with Crippen LogP contribution in [0.3, 0.4) is 0 Å². The molecule has 3 heterocycles. The van der Waals surface area contributed by atoms with Crippen molar-refractivity contribution in [1.82, 2.24) is 12.9 Å². The van der Waals surface area contributed by atoms with Gasteiger partial charge in [0.05, 0.1) is 48.6 Å². The van der Waals surface area contributed by atoms with Gasteiger partial charge in [-0.1, -0.05) is 0 Å². The fraction of sp³-hybridized carbons (Fsp3) is 0.810. The summed E-state index contributed by atoms with van der Waals surface area (Å²) >= 11 is 0. The summed E-state index contributed by atoms with van der Waals surface area (Å²) < 4.78 is 69.8. The fourth-order valence-electron chi connectivity index (χ4n) is 2.91. The number of carbonyl (C=O) groups is 1. The minimum absolute atomic E-state index is 0. The number of ketones is 1. The Bertz CT molecular complexity index is 1140. The SMILES string of the molecule is CCS(=O)(=O)N1CC(=CC#N)C1.CCS(=O)(=O)N1CC(=O)C1.CCS(=O)(=O)N1CC(O)C1.Cl.OC1CCC1. The molecular weight excluding hydrogens is 584 g/mol. The molecule has 0 aromatic carbocycles. The minimum atomic E-state index is -3.08. The second-order valence-electron chi connectivity index (χ2n) is 8.76. The van der Waals surface area contributed by atoms with Gasteiger partial charge in [0.25, 0.3) is 0 Å². The predicted octanol–water partition coefficient (Wildman–Crippen LogP) is -0.712. The van der Waals surface area contributed by atoms with Gasteiger partial charge in [0.1, 0.15) is 0 Å². The second-order valence-corrected chi connectivity index (χ2v) is 15.5. The lowest BCUT2D eigenvalue weighted by molar-refractivity contribution is -0.125. The Balaban J connectivity index is 0.000000491. The van der Waals surface area contributed by atoms with E-state index in [-0.39, 0.29) is 67.7 Å². The first-order valence-electron chi connectivity index (χ1n) is 12.0. The zero-order chi connectivity index (χ0) is 28.4. The Kier molecular flexibility index (Phi) is 15.7. The van der Waals surface area contributed by atoms with E-state index in [1.165, 1.54) is 25.4 Å². The molecule has 4 aliphatic rings. The number of nitrogens with zero attached hydrogens (tertiary/aromatic N) is 4. The van der Waals surface area contributed by atoms with Gasteiger partial charge in [0.2, 0.25) is 30.1 Å². The van der Waals surface area contributed by atoms with Gasteiger partial charge in [-0.2, -0.15) is 18.2 Å². The average molecular weight is 623 g/mol. The van der Waals surface area contributed by atoms with Gasteiger partial charge in [0, 0.05) is 32.3 Å². The molecule has 0 bridgehead atoms. The number of allylic oxidation sites excluding steroid dienone is 1. The summed E-state index contributed by atoms with van der Waals surface area (Å²) in [6.45, 7) is 6.27. The molecule has 3 aliphatic heterocycles. The monoisotopic (exact) mass is 622 g/mol. The van der Waals surface area contributed by atoms with Crippen LogP contribution in [-0.2, 0) is 34.9 Å². The molecule has 0 atom stereocenters. The molecule has 222 valence electrons. The normalized spacial score (nSPS) is 20.5. The number of hydrogen-bond acceptors (Lipinski definition) is 10. The maximum atomic E-state index is 11.1. The number of nitriles is 1. The lowest BCUT2D eigenvalue weighted by Gasteiger charge is -2.34. The highest BCUT2D eigenvalue weighted by Gasteiger charge is 2.33. The van der Waals surface area contributed by atoms with E-state index in [2.05, 4.69) is 0 Å². The second kappa shape index (κ2) is 16.2. The van der Waals surface area contributed by atoms with Crippen LogP contribution in [0.1, 0.15) is 40.0 Å². The van der Waals surface area contributed by atoms with Crippen LogP contribution >= 0.6 is 12.4 Å². The van der Waals surface area contributed by atoms with Crippen molar-refractivity contribution in [2.24, 2.45) is 0 Å². The van der Waals surface area contributed by atoms with E-state index >= 15 is 0 Å². The molecule has 3 saturated heterocycles. The van der Waals surface area contributed by atoms with Crippen LogP contribution in [0.4, 0.5) is 0 Å². The molecule has 0 aromatic heterocycles. The topological polar surface area (TPSA) is 193 Å². The summed E-state index contributed by atoms with van der Waals surface area (Å²) in [5, 5.41) is 25.5. The van der Waals surface area contributed by atoms with Gasteiger partial charge in [-0.3, -0.25) is 4.79 Å². The maximum absolute atomic E-state index is 11.1. The van der Waals surface area contributed by atoms with E-state index in [9.17, 15) is 30.0 Å². The maximum Gasteiger partial charge on any atom is 0.214 e. The highest BCUT2D eigenvalue weighted by Crippen LogP contribution is 2.18. The zero-order valence-corrected chi connectivity index (χ0v) is 25.2. The number of aliphatic hydroxyl groups is 2. The fourth-order valence-corrected chi connectivity index (χ4v) is 6.21. The van der Waals surface area contributed by atoms with Crippen molar-refractivity contribution < 1.29 is 40.3 Å². The number of aliphatic hydroxyl groups excluding tert-OH is 2. The van der Waals surface area contributed by atoms with E-state index in [4.69, 9.17) is 15.5 Å². The predicted molar refractivity (Wildman–Crippen MR) is 145 cm³/mol. The Morgan fingerprint density at radius 1 is 0.789 bits per heavy atom. The van der Waals surface area contributed by atoms with Gasteiger partial charge >= 0.3 is 0 Å². The van der Waals surface area contributed by atoms with E-state index < -0.39 is 36.2 Å². The van der Waals surface area contributed by atoms with Crippen molar-refractivity contribution in [2.45, 2.75) is 52.2 Å². The molecule has 13 nitrogen and oxygen atoms in total. The number of sulfonamides is 3. The molecule has 0 radical (unpaired) electrons. The van der Waals surface area contributed by atoms with Crippen LogP contribution in [0.5, 0.6) is 0 Å². The third-order valence-corrected chi connectivity index (χ3v) is 11.3. The highest BCUT2D eigenvalue weighted by molar-refractivity contribution is 7.89. The van der Waals surface area contributed by atoms with Crippen LogP contribution < -0.4 is 0 Å². The number of Topliss-reactive ketones (excluding diaryl/α,β-unsaturated/α-hetero) is 1. The summed E-state index contributed by atoms with van der Waals surface area (Å²) in [4.78, 5) is 10.4. The van der Waals surface area contributed by atoms with E-state index in [0.717, 1.165) is 18.4 Å². The van der Waals surface area contributed by atoms with E-state index in [1.54, 1.807) is 20.8 Å². The van der Waals surface area contributed by atoms with Gasteiger partial charge < -0.3 is 10.2 Å². The van der Waals surface area contributed by atoms with Crippen molar-refractivity contribution in [2.75, 3.05) is 56.5 Å². The molecular formula is C21H39ClN4O9S3. The van der Waals surface area contributed by atoms with Crippen molar-refractivity contribution in [1.29, 1.82) is 5.26 Å².